The zero-order valence-electron chi connectivity index (χ0n) is 13.5. The minimum atomic E-state index is -0.565. The highest BCUT2D eigenvalue weighted by Gasteiger charge is 2.18. The van der Waals surface area contributed by atoms with Gasteiger partial charge in [-0.15, -0.1) is 11.3 Å². The summed E-state index contributed by atoms with van der Waals surface area (Å²) in [6.45, 7) is 1.53. The molecule has 0 aliphatic carbocycles. The second-order valence-corrected chi connectivity index (χ2v) is 6.54. The van der Waals surface area contributed by atoms with Crippen LogP contribution in [0.4, 0.5) is 0 Å². The molecule has 8 nitrogen and oxygen atoms in total. The van der Waals surface area contributed by atoms with Crippen molar-refractivity contribution in [1.82, 2.24) is 24.0 Å². The third-order valence-electron chi connectivity index (χ3n) is 3.85. The Morgan fingerprint density at radius 1 is 1.38 bits per heavy atom. The Morgan fingerprint density at radius 2 is 2.12 bits per heavy atom. The molecular weight excluding hydrogens is 330 g/mol. The van der Waals surface area contributed by atoms with Crippen molar-refractivity contribution in [3.05, 3.63) is 49.6 Å². The quantitative estimate of drug-likeness (QED) is 0.738. The van der Waals surface area contributed by atoms with Gasteiger partial charge in [0.05, 0.1) is 12.4 Å². The topological polar surface area (TPSA) is 90.9 Å². The molecule has 0 radical (unpaired) electrons. The number of hydrogen-bond acceptors (Lipinski definition) is 5. The zero-order chi connectivity index (χ0) is 17.4. The molecule has 3 aromatic heterocycles. The van der Waals surface area contributed by atoms with Gasteiger partial charge in [0.25, 0.3) is 5.56 Å². The van der Waals surface area contributed by atoms with Gasteiger partial charge in [-0.05, 0) is 18.4 Å². The molecule has 0 aromatic carbocycles. The lowest BCUT2D eigenvalue weighted by atomic mass is 10.3. The van der Waals surface area contributed by atoms with Crippen LogP contribution in [0.25, 0.3) is 11.2 Å². The van der Waals surface area contributed by atoms with Crippen molar-refractivity contribution >= 4 is 28.4 Å². The van der Waals surface area contributed by atoms with Crippen molar-refractivity contribution in [3.63, 3.8) is 0 Å². The SMILES string of the molecule is CC(NC(=O)Cn1c(=O)c2c(ncn2C)n(C)c1=O)c1cccs1. The Morgan fingerprint density at radius 3 is 2.79 bits per heavy atom. The first-order valence-electron chi connectivity index (χ1n) is 7.33. The van der Waals surface area contributed by atoms with E-state index in [1.54, 1.807) is 11.6 Å². The van der Waals surface area contributed by atoms with Crippen LogP contribution in [-0.4, -0.2) is 24.6 Å². The third kappa shape index (κ3) is 2.67. The lowest BCUT2D eigenvalue weighted by Gasteiger charge is -2.13. The molecule has 0 bridgehead atoms. The van der Waals surface area contributed by atoms with Gasteiger partial charge in [-0.2, -0.15) is 0 Å². The van der Waals surface area contributed by atoms with E-state index < -0.39 is 17.2 Å². The summed E-state index contributed by atoms with van der Waals surface area (Å²) in [7, 11) is 3.20. The standard InChI is InChI=1S/C15H17N5O3S/c1-9(10-5-4-6-24-10)17-11(21)7-20-14(22)12-13(16-8-18(12)2)19(3)15(20)23/h4-6,8-9H,7H2,1-3H3,(H,17,21). The van der Waals surface area contributed by atoms with Crippen LogP contribution >= 0.6 is 11.3 Å². The molecule has 3 heterocycles. The molecule has 1 N–H and O–H groups in total. The number of nitrogens with one attached hydrogen (secondary N) is 1. The van der Waals surface area contributed by atoms with Crippen molar-refractivity contribution in [1.29, 1.82) is 0 Å². The molecule has 24 heavy (non-hydrogen) atoms. The highest BCUT2D eigenvalue weighted by Crippen LogP contribution is 2.17. The van der Waals surface area contributed by atoms with E-state index in [1.165, 1.54) is 29.3 Å². The molecule has 0 aliphatic heterocycles. The van der Waals surface area contributed by atoms with E-state index >= 15 is 0 Å². The van der Waals surface area contributed by atoms with Gasteiger partial charge in [0.2, 0.25) is 5.91 Å². The number of carbonyl (C=O) groups excluding carboxylic acids is 1. The smallest absolute Gasteiger partial charge is 0.332 e. The predicted octanol–water partition coefficient (Wildman–Crippen LogP) is 0.373. The fourth-order valence-corrected chi connectivity index (χ4v) is 3.31. The largest absolute Gasteiger partial charge is 0.347 e. The third-order valence-corrected chi connectivity index (χ3v) is 4.91. The van der Waals surface area contributed by atoms with E-state index in [0.29, 0.717) is 5.65 Å². The van der Waals surface area contributed by atoms with E-state index in [1.807, 2.05) is 24.4 Å². The summed E-state index contributed by atoms with van der Waals surface area (Å²) in [6, 6.07) is 3.64. The van der Waals surface area contributed by atoms with Crippen molar-refractivity contribution in [2.75, 3.05) is 0 Å². The highest BCUT2D eigenvalue weighted by molar-refractivity contribution is 7.10. The Balaban J connectivity index is 1.93. The first-order valence-corrected chi connectivity index (χ1v) is 8.21. The molecule has 0 saturated carbocycles. The van der Waals surface area contributed by atoms with Crippen LogP contribution in [0.15, 0.2) is 33.4 Å². The number of rotatable bonds is 4. The Kier molecular flexibility index (Phi) is 4.10. The zero-order valence-corrected chi connectivity index (χ0v) is 14.3. The van der Waals surface area contributed by atoms with E-state index in [9.17, 15) is 14.4 Å². The summed E-state index contributed by atoms with van der Waals surface area (Å²) in [5.74, 6) is -0.392. The number of aryl methyl sites for hydroxylation is 2. The van der Waals surface area contributed by atoms with E-state index in [2.05, 4.69) is 10.3 Å². The number of nitrogens with zero attached hydrogens (tertiary/aromatic N) is 4. The number of amides is 1. The Labute approximate surface area is 141 Å². The maximum atomic E-state index is 12.5. The van der Waals surface area contributed by atoms with Crippen molar-refractivity contribution < 1.29 is 4.79 Å². The summed E-state index contributed by atoms with van der Waals surface area (Å²) < 4.78 is 3.74. The Hall–Kier alpha value is -2.68. The average Bonchev–Trinajstić information content (AvgIpc) is 3.19. The van der Waals surface area contributed by atoms with Gasteiger partial charge in [0.15, 0.2) is 11.2 Å². The first-order chi connectivity index (χ1) is 11.4. The summed E-state index contributed by atoms with van der Waals surface area (Å²) in [5.41, 5.74) is -0.496. The molecule has 1 amide bonds. The maximum Gasteiger partial charge on any atom is 0.332 e. The van der Waals surface area contributed by atoms with Gasteiger partial charge < -0.3 is 9.88 Å². The number of imidazole rings is 1. The van der Waals surface area contributed by atoms with E-state index in [-0.39, 0.29) is 18.1 Å². The van der Waals surface area contributed by atoms with E-state index in [4.69, 9.17) is 0 Å². The molecule has 0 aliphatic rings. The van der Waals surface area contributed by atoms with Crippen LogP contribution in [0.3, 0.4) is 0 Å². The number of fused-ring (bicyclic) bond motifs is 1. The van der Waals surface area contributed by atoms with Gasteiger partial charge in [-0.3, -0.25) is 14.2 Å². The second kappa shape index (κ2) is 6.08. The predicted molar refractivity (Wildman–Crippen MR) is 91.1 cm³/mol. The number of aromatic nitrogens is 4. The lowest BCUT2D eigenvalue weighted by Crippen LogP contribution is -2.43. The molecular formula is C15H17N5O3S. The summed E-state index contributed by atoms with van der Waals surface area (Å²) >= 11 is 1.53. The molecule has 1 atom stereocenters. The van der Waals surface area contributed by atoms with Crippen molar-refractivity contribution in [2.24, 2.45) is 14.1 Å². The van der Waals surface area contributed by atoms with Crippen molar-refractivity contribution in [2.45, 2.75) is 19.5 Å². The van der Waals surface area contributed by atoms with Gasteiger partial charge in [0.1, 0.15) is 6.54 Å². The number of carbonyl (C=O) groups is 1. The van der Waals surface area contributed by atoms with E-state index in [0.717, 1.165) is 9.44 Å². The number of hydrogen-bond donors (Lipinski definition) is 1. The molecule has 9 heteroatoms. The second-order valence-electron chi connectivity index (χ2n) is 5.57. The van der Waals surface area contributed by atoms with Crippen molar-refractivity contribution in [3.8, 4) is 0 Å². The van der Waals surface area contributed by atoms with Crippen LogP contribution in [-0.2, 0) is 25.4 Å². The van der Waals surface area contributed by atoms with Crippen LogP contribution in [0.2, 0.25) is 0 Å². The Bertz CT molecular complexity index is 1010. The molecule has 3 rings (SSSR count). The van der Waals surface area contributed by atoms with Gasteiger partial charge in [-0.25, -0.2) is 14.3 Å². The van der Waals surface area contributed by atoms with Gasteiger partial charge in [-0.1, -0.05) is 6.07 Å². The summed E-state index contributed by atoms with van der Waals surface area (Å²) in [6.07, 6.45) is 1.47. The molecule has 126 valence electrons. The first kappa shape index (κ1) is 16.2. The summed E-state index contributed by atoms with van der Waals surface area (Å²) in [5, 5.41) is 4.73. The molecule has 0 spiro atoms. The fourth-order valence-electron chi connectivity index (χ4n) is 2.58. The van der Waals surface area contributed by atoms with Gasteiger partial charge in [0, 0.05) is 19.0 Å². The molecule has 0 fully saturated rings. The molecule has 3 aromatic rings. The molecule has 0 saturated heterocycles. The monoisotopic (exact) mass is 347 g/mol. The number of thiophene rings is 1. The van der Waals surface area contributed by atoms with Crippen LogP contribution in [0, 0.1) is 0 Å². The fraction of sp³-hybridized carbons (Fsp3) is 0.333. The van der Waals surface area contributed by atoms with Gasteiger partial charge >= 0.3 is 5.69 Å². The lowest BCUT2D eigenvalue weighted by molar-refractivity contribution is -0.122. The minimum Gasteiger partial charge on any atom is -0.347 e. The van der Waals surface area contributed by atoms with Crippen LogP contribution in [0.5, 0.6) is 0 Å². The maximum absolute atomic E-state index is 12.5. The van der Waals surface area contributed by atoms with Crippen LogP contribution in [0.1, 0.15) is 17.8 Å². The molecule has 1 unspecified atom stereocenters. The highest BCUT2D eigenvalue weighted by atomic mass is 32.1. The normalized spacial score (nSPS) is 12.5. The summed E-state index contributed by atoms with van der Waals surface area (Å²) in [4.78, 5) is 42.2. The van der Waals surface area contributed by atoms with Crippen LogP contribution < -0.4 is 16.6 Å². The minimum absolute atomic E-state index is 0.183. The average molecular weight is 347 g/mol.